The van der Waals surface area contributed by atoms with E-state index in [2.05, 4.69) is 36.5 Å². The first-order chi connectivity index (χ1) is 8.33. The minimum atomic E-state index is 0.222. The summed E-state index contributed by atoms with van der Waals surface area (Å²) < 4.78 is 0. The highest BCUT2D eigenvalue weighted by Crippen LogP contribution is 2.36. The number of fused-ring (bicyclic) bond motifs is 1. The molecule has 1 aromatic rings. The van der Waals surface area contributed by atoms with E-state index in [0.717, 1.165) is 13.0 Å². The maximum absolute atomic E-state index is 6.15. The Kier molecular flexibility index (Phi) is 4.57. The molecule has 0 amide bonds. The lowest BCUT2D eigenvalue weighted by atomic mass is 10.1. The van der Waals surface area contributed by atoms with Gasteiger partial charge >= 0.3 is 0 Å². The van der Waals surface area contributed by atoms with Crippen molar-refractivity contribution < 1.29 is 0 Å². The van der Waals surface area contributed by atoms with Gasteiger partial charge < -0.3 is 11.1 Å². The Morgan fingerprint density at radius 2 is 1.94 bits per heavy atom. The molecule has 2 unspecified atom stereocenters. The summed E-state index contributed by atoms with van der Waals surface area (Å²) in [4.78, 5) is 0. The van der Waals surface area contributed by atoms with Crippen molar-refractivity contribution in [2.45, 2.75) is 51.1 Å². The van der Waals surface area contributed by atoms with E-state index < -0.39 is 0 Å². The fourth-order valence-electron chi connectivity index (χ4n) is 2.70. The summed E-state index contributed by atoms with van der Waals surface area (Å²) in [7, 11) is 0. The lowest BCUT2D eigenvalue weighted by molar-refractivity contribution is 0.483. The maximum atomic E-state index is 6.15. The third kappa shape index (κ3) is 3.08. The zero-order chi connectivity index (χ0) is 12.1. The van der Waals surface area contributed by atoms with E-state index in [1.54, 1.807) is 0 Å². The van der Waals surface area contributed by atoms with Crippen LogP contribution >= 0.6 is 0 Å². The first-order valence-electron chi connectivity index (χ1n) is 6.90. The van der Waals surface area contributed by atoms with Crippen LogP contribution in [0.5, 0.6) is 0 Å². The molecule has 2 atom stereocenters. The molecule has 0 radical (unpaired) electrons. The van der Waals surface area contributed by atoms with Crippen LogP contribution in [0.25, 0.3) is 0 Å². The van der Waals surface area contributed by atoms with Crippen LogP contribution in [-0.2, 0) is 0 Å². The van der Waals surface area contributed by atoms with Crippen LogP contribution in [0, 0.1) is 0 Å². The highest BCUT2D eigenvalue weighted by Gasteiger charge is 2.27. The van der Waals surface area contributed by atoms with E-state index in [1.807, 2.05) is 0 Å². The quantitative estimate of drug-likeness (QED) is 0.739. The molecule has 2 heteroatoms. The van der Waals surface area contributed by atoms with Gasteiger partial charge in [-0.25, -0.2) is 0 Å². The van der Waals surface area contributed by atoms with Gasteiger partial charge in [0.25, 0.3) is 0 Å². The van der Waals surface area contributed by atoms with Crippen molar-refractivity contribution in [2.24, 2.45) is 5.73 Å². The van der Waals surface area contributed by atoms with Crippen LogP contribution in [-0.4, -0.2) is 6.54 Å². The van der Waals surface area contributed by atoms with Crippen LogP contribution in [0.15, 0.2) is 24.3 Å². The number of nitrogens with two attached hydrogens (primary N) is 1. The molecule has 1 aliphatic carbocycles. The van der Waals surface area contributed by atoms with E-state index in [1.165, 1.54) is 36.8 Å². The summed E-state index contributed by atoms with van der Waals surface area (Å²) in [6.07, 6.45) is 6.32. The van der Waals surface area contributed by atoms with E-state index in [0.29, 0.717) is 6.04 Å². The minimum absolute atomic E-state index is 0.222. The Bertz CT molecular complexity index is 349. The number of hydrogen-bond acceptors (Lipinski definition) is 2. The van der Waals surface area contributed by atoms with Crippen molar-refractivity contribution in [1.82, 2.24) is 5.32 Å². The third-order valence-corrected chi connectivity index (χ3v) is 3.68. The van der Waals surface area contributed by atoms with Crippen molar-refractivity contribution in [3.05, 3.63) is 35.4 Å². The Hall–Kier alpha value is -0.860. The molecular formula is C15H24N2. The first-order valence-corrected chi connectivity index (χ1v) is 6.90. The zero-order valence-electron chi connectivity index (χ0n) is 10.8. The Morgan fingerprint density at radius 3 is 2.71 bits per heavy atom. The molecular weight excluding hydrogens is 208 g/mol. The van der Waals surface area contributed by atoms with Crippen molar-refractivity contribution in [1.29, 1.82) is 0 Å². The van der Waals surface area contributed by atoms with Gasteiger partial charge in [-0.3, -0.25) is 0 Å². The lowest BCUT2D eigenvalue weighted by Crippen LogP contribution is -2.21. The van der Waals surface area contributed by atoms with Crippen LogP contribution in [0.1, 0.15) is 62.2 Å². The molecule has 2 nitrogen and oxygen atoms in total. The van der Waals surface area contributed by atoms with Gasteiger partial charge in [0.2, 0.25) is 0 Å². The van der Waals surface area contributed by atoms with Gasteiger partial charge in [0, 0.05) is 12.1 Å². The summed E-state index contributed by atoms with van der Waals surface area (Å²) in [5.41, 5.74) is 8.89. The molecule has 0 saturated carbocycles. The highest BCUT2D eigenvalue weighted by atomic mass is 14.9. The molecule has 0 aliphatic heterocycles. The van der Waals surface area contributed by atoms with Gasteiger partial charge in [0.15, 0.2) is 0 Å². The Morgan fingerprint density at radius 1 is 1.18 bits per heavy atom. The molecule has 1 aromatic carbocycles. The van der Waals surface area contributed by atoms with Crippen LogP contribution in [0.3, 0.4) is 0 Å². The second-order valence-corrected chi connectivity index (χ2v) is 5.04. The van der Waals surface area contributed by atoms with E-state index in [-0.39, 0.29) is 6.04 Å². The lowest BCUT2D eigenvalue weighted by Gasteiger charge is -2.13. The first kappa shape index (κ1) is 12.6. The molecule has 94 valence electrons. The molecule has 0 heterocycles. The summed E-state index contributed by atoms with van der Waals surface area (Å²) in [6.45, 7) is 3.37. The normalized spacial score (nSPS) is 22.7. The number of benzene rings is 1. The molecule has 17 heavy (non-hydrogen) atoms. The Labute approximate surface area is 105 Å². The smallest absolute Gasteiger partial charge is 0.0341 e. The predicted octanol–water partition coefficient (Wildman–Crippen LogP) is 3.30. The van der Waals surface area contributed by atoms with Crippen LogP contribution in [0.4, 0.5) is 0 Å². The molecule has 0 saturated heterocycles. The molecule has 0 aromatic heterocycles. The molecule has 2 rings (SSSR count). The average Bonchev–Trinajstić information content (AvgIpc) is 2.67. The van der Waals surface area contributed by atoms with Crippen molar-refractivity contribution in [3.63, 3.8) is 0 Å². The molecule has 3 N–H and O–H groups in total. The summed E-state index contributed by atoms with van der Waals surface area (Å²) in [6, 6.07) is 9.28. The zero-order valence-corrected chi connectivity index (χ0v) is 10.8. The number of unbranched alkanes of at least 4 members (excludes halogenated alkanes) is 3. The van der Waals surface area contributed by atoms with Gasteiger partial charge in [-0.05, 0) is 30.5 Å². The monoisotopic (exact) mass is 232 g/mol. The largest absolute Gasteiger partial charge is 0.324 e. The minimum Gasteiger partial charge on any atom is -0.324 e. The maximum Gasteiger partial charge on any atom is 0.0341 e. The number of nitrogens with one attached hydrogen (secondary N) is 1. The van der Waals surface area contributed by atoms with Gasteiger partial charge in [0.05, 0.1) is 0 Å². The molecule has 0 bridgehead atoms. The van der Waals surface area contributed by atoms with Gasteiger partial charge in [0.1, 0.15) is 0 Å². The molecule has 1 aliphatic rings. The van der Waals surface area contributed by atoms with Crippen molar-refractivity contribution in [2.75, 3.05) is 6.54 Å². The fourth-order valence-corrected chi connectivity index (χ4v) is 2.70. The van der Waals surface area contributed by atoms with E-state index >= 15 is 0 Å². The topological polar surface area (TPSA) is 38.0 Å². The summed E-state index contributed by atoms with van der Waals surface area (Å²) in [5.74, 6) is 0. The molecule has 0 fully saturated rings. The van der Waals surface area contributed by atoms with Crippen molar-refractivity contribution in [3.8, 4) is 0 Å². The van der Waals surface area contributed by atoms with Crippen LogP contribution in [0.2, 0.25) is 0 Å². The fraction of sp³-hybridized carbons (Fsp3) is 0.600. The van der Waals surface area contributed by atoms with Crippen molar-refractivity contribution >= 4 is 0 Å². The van der Waals surface area contributed by atoms with E-state index in [4.69, 9.17) is 5.73 Å². The third-order valence-electron chi connectivity index (χ3n) is 3.68. The number of hydrogen-bond donors (Lipinski definition) is 2. The molecule has 0 spiro atoms. The predicted molar refractivity (Wildman–Crippen MR) is 72.9 cm³/mol. The highest BCUT2D eigenvalue weighted by molar-refractivity contribution is 5.37. The second-order valence-electron chi connectivity index (χ2n) is 5.04. The Balaban J connectivity index is 1.83. The van der Waals surface area contributed by atoms with Gasteiger partial charge in [-0.1, -0.05) is 50.5 Å². The summed E-state index contributed by atoms with van der Waals surface area (Å²) >= 11 is 0. The van der Waals surface area contributed by atoms with Gasteiger partial charge in [-0.15, -0.1) is 0 Å². The number of rotatable bonds is 6. The van der Waals surface area contributed by atoms with E-state index in [9.17, 15) is 0 Å². The van der Waals surface area contributed by atoms with Crippen LogP contribution < -0.4 is 11.1 Å². The summed E-state index contributed by atoms with van der Waals surface area (Å²) in [5, 5.41) is 3.65. The SMILES string of the molecule is CCCCCCNC1CC(N)c2ccccc21. The van der Waals surface area contributed by atoms with Gasteiger partial charge in [-0.2, -0.15) is 0 Å². The second kappa shape index (κ2) is 6.18. The average molecular weight is 232 g/mol. The standard InChI is InChI=1S/C15H24N2/c1-2-3-4-7-10-17-15-11-14(16)12-8-5-6-9-13(12)15/h5-6,8-9,14-15,17H,2-4,7,10-11,16H2,1H3.